The van der Waals surface area contributed by atoms with Gasteiger partial charge in [0, 0.05) is 4.47 Å². The molecule has 5 heteroatoms. The Morgan fingerprint density at radius 1 is 1.42 bits per heavy atom. The molecule has 3 N–H and O–H groups in total. The van der Waals surface area contributed by atoms with Crippen LogP contribution in [-0.4, -0.2) is 16.4 Å². The molecule has 2 rings (SSSR count). The molecule has 102 valence electrons. The molecule has 0 aromatic heterocycles. The number of benzene rings is 1. The number of thiocarbonyl (C=S) groups is 1. The second kappa shape index (κ2) is 5.59. The molecule has 0 unspecified atom stereocenters. The van der Waals surface area contributed by atoms with Crippen molar-refractivity contribution in [1.29, 1.82) is 0 Å². The van der Waals surface area contributed by atoms with Crippen molar-refractivity contribution in [2.75, 3.05) is 0 Å². The molecule has 1 aromatic carbocycles. The Morgan fingerprint density at radius 3 is 2.58 bits per heavy atom. The topological polar surface area (TPSA) is 55.1 Å². The van der Waals surface area contributed by atoms with Crippen LogP contribution in [0.25, 0.3) is 0 Å². The second-order valence-electron chi connectivity index (χ2n) is 5.09. The quantitative estimate of drug-likeness (QED) is 0.831. The van der Waals surface area contributed by atoms with Gasteiger partial charge in [-0.3, -0.25) is 4.79 Å². The van der Waals surface area contributed by atoms with Gasteiger partial charge in [-0.05, 0) is 53.4 Å². The zero-order valence-corrected chi connectivity index (χ0v) is 13.2. The van der Waals surface area contributed by atoms with Gasteiger partial charge >= 0.3 is 0 Å². The number of hydrogen-bond donors (Lipinski definition) is 2. The molecule has 0 saturated heterocycles. The number of halogens is 1. The molecule has 0 heterocycles. The zero-order valence-electron chi connectivity index (χ0n) is 10.8. The minimum Gasteiger partial charge on any atom is -0.391 e. The Kier molecular flexibility index (Phi) is 4.26. The molecule has 0 atom stereocenters. The van der Waals surface area contributed by atoms with E-state index in [0.29, 0.717) is 10.6 Å². The van der Waals surface area contributed by atoms with E-state index in [2.05, 4.69) is 21.2 Å². The van der Waals surface area contributed by atoms with Crippen LogP contribution in [-0.2, 0) is 0 Å². The number of rotatable bonds is 3. The minimum absolute atomic E-state index is 0.124. The van der Waals surface area contributed by atoms with Crippen molar-refractivity contribution < 1.29 is 4.79 Å². The third-order valence-corrected chi connectivity index (χ3v) is 4.70. The van der Waals surface area contributed by atoms with Crippen molar-refractivity contribution in [2.45, 2.75) is 38.1 Å². The molecule has 0 spiro atoms. The molecule has 19 heavy (non-hydrogen) atoms. The van der Waals surface area contributed by atoms with Crippen molar-refractivity contribution in [1.82, 2.24) is 5.32 Å². The average molecular weight is 341 g/mol. The summed E-state index contributed by atoms with van der Waals surface area (Å²) in [6.45, 7) is 1.99. The van der Waals surface area contributed by atoms with E-state index in [4.69, 9.17) is 18.0 Å². The Morgan fingerprint density at radius 2 is 2.05 bits per heavy atom. The molecule has 1 aliphatic rings. The first-order valence-corrected chi connectivity index (χ1v) is 7.53. The van der Waals surface area contributed by atoms with E-state index in [-0.39, 0.29) is 5.91 Å². The van der Waals surface area contributed by atoms with Crippen LogP contribution in [0.2, 0.25) is 0 Å². The number of nitrogens with one attached hydrogen (secondary N) is 1. The van der Waals surface area contributed by atoms with Gasteiger partial charge in [-0.2, -0.15) is 0 Å². The fourth-order valence-corrected chi connectivity index (χ4v) is 3.43. The Hall–Kier alpha value is -0.940. The summed E-state index contributed by atoms with van der Waals surface area (Å²) in [5.74, 6) is -0.124. The standard InChI is InChI=1S/C14H17BrN2OS/c1-9-4-5-10(11(15)8-9)12(18)17-14(13(16)19)6-2-3-7-14/h4-5,8H,2-3,6-7H2,1H3,(H2,16,19)(H,17,18). The van der Waals surface area contributed by atoms with Gasteiger partial charge in [-0.25, -0.2) is 0 Å². The highest BCUT2D eigenvalue weighted by atomic mass is 79.9. The summed E-state index contributed by atoms with van der Waals surface area (Å²) >= 11 is 8.57. The first-order chi connectivity index (χ1) is 8.94. The Labute approximate surface area is 127 Å². The van der Waals surface area contributed by atoms with E-state index in [1.807, 2.05) is 25.1 Å². The van der Waals surface area contributed by atoms with Crippen LogP contribution in [0.15, 0.2) is 22.7 Å². The summed E-state index contributed by atoms with van der Waals surface area (Å²) in [6, 6.07) is 5.66. The lowest BCUT2D eigenvalue weighted by molar-refractivity contribution is 0.0923. The maximum atomic E-state index is 12.4. The first-order valence-electron chi connectivity index (χ1n) is 6.33. The van der Waals surface area contributed by atoms with Crippen molar-refractivity contribution in [3.63, 3.8) is 0 Å². The van der Waals surface area contributed by atoms with Gasteiger partial charge in [0.2, 0.25) is 0 Å². The summed E-state index contributed by atoms with van der Waals surface area (Å²) in [6.07, 6.45) is 3.76. The number of carbonyl (C=O) groups excluding carboxylic acids is 1. The Balaban J connectivity index is 2.22. The number of nitrogens with two attached hydrogens (primary N) is 1. The smallest absolute Gasteiger partial charge is 0.253 e. The van der Waals surface area contributed by atoms with E-state index >= 15 is 0 Å². The average Bonchev–Trinajstić information content (AvgIpc) is 2.78. The van der Waals surface area contributed by atoms with Gasteiger partial charge < -0.3 is 11.1 Å². The van der Waals surface area contributed by atoms with Crippen molar-refractivity contribution in [3.8, 4) is 0 Å². The summed E-state index contributed by atoms with van der Waals surface area (Å²) in [5, 5.41) is 3.03. The molecule has 1 fully saturated rings. The lowest BCUT2D eigenvalue weighted by Gasteiger charge is -2.29. The number of carbonyl (C=O) groups is 1. The summed E-state index contributed by atoms with van der Waals surface area (Å²) in [4.78, 5) is 12.8. The van der Waals surface area contributed by atoms with Gasteiger partial charge in [0.05, 0.1) is 16.1 Å². The van der Waals surface area contributed by atoms with Gasteiger partial charge in [0.15, 0.2) is 0 Å². The molecule has 0 radical (unpaired) electrons. The fraction of sp³-hybridized carbons (Fsp3) is 0.429. The highest BCUT2D eigenvalue weighted by Crippen LogP contribution is 2.31. The van der Waals surface area contributed by atoms with Crippen LogP contribution in [0.5, 0.6) is 0 Å². The van der Waals surface area contributed by atoms with Crippen LogP contribution >= 0.6 is 28.1 Å². The molecule has 0 bridgehead atoms. The first kappa shape index (κ1) is 14.5. The third-order valence-electron chi connectivity index (χ3n) is 3.65. The molecule has 1 aliphatic carbocycles. The van der Waals surface area contributed by atoms with E-state index in [1.165, 1.54) is 0 Å². The summed E-state index contributed by atoms with van der Waals surface area (Å²) < 4.78 is 0.793. The van der Waals surface area contributed by atoms with E-state index in [9.17, 15) is 4.79 Å². The minimum atomic E-state index is -0.503. The van der Waals surface area contributed by atoms with E-state index < -0.39 is 5.54 Å². The van der Waals surface area contributed by atoms with Crippen LogP contribution in [0, 0.1) is 6.92 Å². The van der Waals surface area contributed by atoms with Crippen molar-refractivity contribution in [3.05, 3.63) is 33.8 Å². The van der Waals surface area contributed by atoms with Crippen molar-refractivity contribution in [2.24, 2.45) is 5.73 Å². The molecule has 1 aromatic rings. The largest absolute Gasteiger partial charge is 0.391 e. The second-order valence-corrected chi connectivity index (χ2v) is 6.39. The molecule has 1 saturated carbocycles. The van der Waals surface area contributed by atoms with Gasteiger partial charge in [-0.1, -0.05) is 31.1 Å². The molecule has 3 nitrogen and oxygen atoms in total. The molecular weight excluding hydrogens is 324 g/mol. The van der Waals surface area contributed by atoms with E-state index in [1.54, 1.807) is 0 Å². The molecule has 1 amide bonds. The highest BCUT2D eigenvalue weighted by molar-refractivity contribution is 9.10. The van der Waals surface area contributed by atoms with E-state index in [0.717, 1.165) is 35.7 Å². The number of amides is 1. The van der Waals surface area contributed by atoms with Gasteiger partial charge in [0.1, 0.15) is 0 Å². The predicted molar refractivity (Wildman–Crippen MR) is 84.3 cm³/mol. The SMILES string of the molecule is Cc1ccc(C(=O)NC2(C(N)=S)CCCC2)c(Br)c1. The highest BCUT2D eigenvalue weighted by Gasteiger charge is 2.38. The predicted octanol–water partition coefficient (Wildman–Crippen LogP) is 3.09. The number of aryl methyl sites for hydroxylation is 1. The van der Waals surface area contributed by atoms with Crippen LogP contribution in [0.3, 0.4) is 0 Å². The lowest BCUT2D eigenvalue weighted by Crippen LogP contribution is -2.54. The third kappa shape index (κ3) is 2.98. The van der Waals surface area contributed by atoms with Crippen LogP contribution < -0.4 is 11.1 Å². The molecular formula is C14H17BrN2OS. The van der Waals surface area contributed by atoms with Gasteiger partial charge in [-0.15, -0.1) is 0 Å². The zero-order chi connectivity index (χ0) is 14.0. The van der Waals surface area contributed by atoms with Crippen molar-refractivity contribution >= 4 is 39.0 Å². The maximum absolute atomic E-state index is 12.4. The summed E-state index contributed by atoms with van der Waals surface area (Å²) in [5.41, 5.74) is 7.05. The lowest BCUT2D eigenvalue weighted by atomic mass is 9.97. The Bertz CT molecular complexity index is 524. The maximum Gasteiger partial charge on any atom is 0.253 e. The number of hydrogen-bond acceptors (Lipinski definition) is 2. The monoisotopic (exact) mass is 340 g/mol. The summed E-state index contributed by atoms with van der Waals surface area (Å²) in [7, 11) is 0. The van der Waals surface area contributed by atoms with Crippen LogP contribution in [0.1, 0.15) is 41.6 Å². The normalized spacial score (nSPS) is 17.2. The van der Waals surface area contributed by atoms with Gasteiger partial charge in [0.25, 0.3) is 5.91 Å². The fourth-order valence-electron chi connectivity index (χ4n) is 2.50. The van der Waals surface area contributed by atoms with Crippen LogP contribution in [0.4, 0.5) is 0 Å². The molecule has 0 aliphatic heterocycles.